The van der Waals surface area contributed by atoms with Gasteiger partial charge in [0.1, 0.15) is 12.4 Å². The summed E-state index contributed by atoms with van der Waals surface area (Å²) in [5, 5.41) is 20.4. The standard InChI is InChI=1S/C25H29N7O4.C2HF3O2/c1-14(2)31-23-24(34)32(13-21(33)29-11-15-4-6-16(7-5-15)22(27)28)20(12-30-23)17-8-18(25(35)36-3)10-19(26)9-17;3-2(4,5)1(6)7/h4-10,12,14H,11,13,26H2,1-3H3,(H3,27,28)(H,29,33)(H,30,31);(H,6,7). The maximum absolute atomic E-state index is 13.3. The first-order valence-electron chi connectivity index (χ1n) is 12.4. The van der Waals surface area contributed by atoms with E-state index in [2.05, 4.69) is 15.6 Å². The summed E-state index contributed by atoms with van der Waals surface area (Å²) in [6.45, 7) is 3.65. The number of anilines is 2. The van der Waals surface area contributed by atoms with Gasteiger partial charge in [0.25, 0.3) is 5.56 Å². The first-order chi connectivity index (χ1) is 20.0. The molecule has 0 saturated carbocycles. The number of hydrogen-bond acceptors (Lipinski definition) is 9. The molecular formula is C27H30F3N7O6. The van der Waals surface area contributed by atoms with E-state index in [0.29, 0.717) is 16.8 Å². The van der Waals surface area contributed by atoms with E-state index in [1.165, 1.54) is 30.0 Å². The largest absolute Gasteiger partial charge is 0.490 e. The third kappa shape index (κ3) is 9.87. The highest BCUT2D eigenvalue weighted by atomic mass is 19.4. The molecule has 1 heterocycles. The van der Waals surface area contributed by atoms with E-state index in [1.807, 2.05) is 13.8 Å². The minimum Gasteiger partial charge on any atom is -0.475 e. The highest BCUT2D eigenvalue weighted by Crippen LogP contribution is 2.24. The van der Waals surface area contributed by atoms with Crippen LogP contribution in [0.15, 0.2) is 53.5 Å². The van der Waals surface area contributed by atoms with Crippen LogP contribution in [0.5, 0.6) is 0 Å². The second kappa shape index (κ2) is 14.5. The number of rotatable bonds is 9. The number of nitrogen functional groups attached to an aromatic ring is 2. The normalized spacial score (nSPS) is 10.8. The number of carbonyl (C=O) groups excluding carboxylic acids is 2. The van der Waals surface area contributed by atoms with Crippen LogP contribution in [0, 0.1) is 5.41 Å². The number of amides is 1. The number of benzene rings is 2. The highest BCUT2D eigenvalue weighted by molar-refractivity contribution is 5.95. The van der Waals surface area contributed by atoms with E-state index < -0.39 is 29.6 Å². The number of halogens is 3. The van der Waals surface area contributed by atoms with E-state index in [0.717, 1.165) is 5.56 Å². The molecule has 0 fully saturated rings. The third-order valence-corrected chi connectivity index (χ3v) is 5.45. The van der Waals surface area contributed by atoms with Crippen molar-refractivity contribution in [3.05, 3.63) is 75.7 Å². The maximum atomic E-state index is 13.3. The van der Waals surface area contributed by atoms with Crippen LogP contribution < -0.4 is 27.7 Å². The fourth-order valence-electron chi connectivity index (χ4n) is 3.49. The zero-order chi connectivity index (χ0) is 32.5. The molecule has 0 aliphatic rings. The van der Waals surface area contributed by atoms with Crippen LogP contribution in [0.1, 0.15) is 35.3 Å². The molecule has 1 amide bonds. The van der Waals surface area contributed by atoms with E-state index in [1.54, 1.807) is 30.3 Å². The molecule has 0 radical (unpaired) electrons. The van der Waals surface area contributed by atoms with Crippen molar-refractivity contribution in [3.63, 3.8) is 0 Å². The van der Waals surface area contributed by atoms with Crippen LogP contribution >= 0.6 is 0 Å². The third-order valence-electron chi connectivity index (χ3n) is 5.45. The van der Waals surface area contributed by atoms with E-state index >= 15 is 0 Å². The Hall–Kier alpha value is -5.41. The minimum atomic E-state index is -5.08. The van der Waals surface area contributed by atoms with Crippen molar-refractivity contribution in [1.29, 1.82) is 5.41 Å². The molecule has 1 aromatic heterocycles. The Bertz CT molecular complexity index is 1550. The van der Waals surface area contributed by atoms with Crippen molar-refractivity contribution < 1.29 is 37.4 Å². The van der Waals surface area contributed by atoms with E-state index in [4.69, 9.17) is 31.5 Å². The maximum Gasteiger partial charge on any atom is 0.490 e. The predicted molar refractivity (Wildman–Crippen MR) is 151 cm³/mol. The monoisotopic (exact) mass is 605 g/mol. The number of nitrogens with two attached hydrogens (primary N) is 2. The minimum absolute atomic E-state index is 0.0436. The highest BCUT2D eigenvalue weighted by Gasteiger charge is 2.38. The van der Waals surface area contributed by atoms with Crippen molar-refractivity contribution in [3.8, 4) is 11.3 Å². The van der Waals surface area contributed by atoms with Crippen LogP contribution in [0.2, 0.25) is 0 Å². The van der Waals surface area contributed by atoms with Gasteiger partial charge in [0.15, 0.2) is 5.82 Å². The van der Waals surface area contributed by atoms with Gasteiger partial charge in [-0.3, -0.25) is 19.6 Å². The molecular weight excluding hydrogens is 575 g/mol. The zero-order valence-electron chi connectivity index (χ0n) is 23.3. The topological polar surface area (TPSA) is 216 Å². The van der Waals surface area contributed by atoms with Gasteiger partial charge in [-0.05, 0) is 37.6 Å². The Morgan fingerprint density at radius 1 is 1.12 bits per heavy atom. The number of carbonyl (C=O) groups is 3. The zero-order valence-corrected chi connectivity index (χ0v) is 23.3. The first-order valence-corrected chi connectivity index (χ1v) is 12.4. The Kier molecular flexibility index (Phi) is 11.4. The summed E-state index contributed by atoms with van der Waals surface area (Å²) in [4.78, 5) is 51.3. The number of amidine groups is 1. The number of carboxylic acids is 1. The lowest BCUT2D eigenvalue weighted by atomic mass is 10.1. The molecule has 0 bridgehead atoms. The number of esters is 1. The number of nitrogens with one attached hydrogen (secondary N) is 3. The summed E-state index contributed by atoms with van der Waals surface area (Å²) < 4.78 is 37.8. The van der Waals surface area contributed by atoms with Crippen molar-refractivity contribution in [2.75, 3.05) is 18.2 Å². The van der Waals surface area contributed by atoms with Crippen molar-refractivity contribution in [2.24, 2.45) is 5.73 Å². The molecule has 8 N–H and O–H groups in total. The molecule has 0 atom stereocenters. The first kappa shape index (κ1) is 33.8. The van der Waals surface area contributed by atoms with Crippen LogP contribution in [0.4, 0.5) is 24.7 Å². The number of nitrogens with zero attached hydrogens (tertiary/aromatic N) is 2. The summed E-state index contributed by atoms with van der Waals surface area (Å²) in [6.07, 6.45) is -3.63. The van der Waals surface area contributed by atoms with Crippen LogP contribution in [0.3, 0.4) is 0 Å². The molecule has 0 spiro atoms. The Morgan fingerprint density at radius 2 is 1.72 bits per heavy atom. The van der Waals surface area contributed by atoms with Crippen LogP contribution in [0.25, 0.3) is 11.3 Å². The number of aromatic nitrogens is 2. The molecule has 0 unspecified atom stereocenters. The van der Waals surface area contributed by atoms with Gasteiger partial charge in [0.2, 0.25) is 5.91 Å². The van der Waals surface area contributed by atoms with Crippen molar-refractivity contribution >= 4 is 35.2 Å². The molecule has 0 aliphatic heterocycles. The number of carboxylic acid groups (broad SMARTS) is 1. The molecule has 43 heavy (non-hydrogen) atoms. The van der Waals surface area contributed by atoms with E-state index in [-0.39, 0.29) is 42.0 Å². The Morgan fingerprint density at radius 3 is 2.23 bits per heavy atom. The molecule has 0 aliphatic carbocycles. The lowest BCUT2D eigenvalue weighted by Crippen LogP contribution is -2.35. The smallest absolute Gasteiger partial charge is 0.475 e. The Labute approximate surface area is 243 Å². The molecule has 3 aromatic rings. The summed E-state index contributed by atoms with van der Waals surface area (Å²) in [7, 11) is 1.26. The van der Waals surface area contributed by atoms with Gasteiger partial charge >= 0.3 is 18.1 Å². The molecule has 0 saturated heterocycles. The number of alkyl halides is 3. The predicted octanol–water partition coefficient (Wildman–Crippen LogP) is 2.33. The summed E-state index contributed by atoms with van der Waals surface area (Å²) >= 11 is 0. The lowest BCUT2D eigenvalue weighted by molar-refractivity contribution is -0.192. The van der Waals surface area contributed by atoms with Gasteiger partial charge in [-0.1, -0.05) is 24.3 Å². The van der Waals surface area contributed by atoms with Crippen LogP contribution in [-0.4, -0.2) is 57.7 Å². The van der Waals surface area contributed by atoms with Gasteiger partial charge in [-0.25, -0.2) is 14.6 Å². The van der Waals surface area contributed by atoms with Gasteiger partial charge in [0.05, 0.1) is 24.6 Å². The average Bonchev–Trinajstić information content (AvgIpc) is 2.93. The second-order valence-corrected chi connectivity index (χ2v) is 9.21. The van der Waals surface area contributed by atoms with Gasteiger partial charge in [0, 0.05) is 29.4 Å². The number of aliphatic carboxylic acids is 1. The van der Waals surface area contributed by atoms with Crippen LogP contribution in [-0.2, 0) is 27.4 Å². The summed E-state index contributed by atoms with van der Waals surface area (Å²) in [6, 6.07) is 11.4. The fraction of sp³-hybridized carbons (Fsp3) is 0.259. The molecule has 13 nitrogen and oxygen atoms in total. The molecule has 230 valence electrons. The van der Waals surface area contributed by atoms with Crippen molar-refractivity contribution in [1.82, 2.24) is 14.9 Å². The Balaban J connectivity index is 0.000000821. The SMILES string of the molecule is COC(=O)c1cc(N)cc(-c2cnc(NC(C)C)c(=O)n2CC(=O)NCc2ccc(C(=N)N)cc2)c1.O=C(O)C(F)(F)F. The number of hydrogen-bond donors (Lipinski definition) is 6. The fourth-order valence-corrected chi connectivity index (χ4v) is 3.49. The van der Waals surface area contributed by atoms with Gasteiger partial charge in [-0.2, -0.15) is 13.2 Å². The number of ether oxygens (including phenoxy) is 1. The van der Waals surface area contributed by atoms with E-state index in [9.17, 15) is 27.6 Å². The summed E-state index contributed by atoms with van der Waals surface area (Å²) in [5.41, 5.74) is 13.6. The lowest BCUT2D eigenvalue weighted by Gasteiger charge is -2.17. The summed E-state index contributed by atoms with van der Waals surface area (Å²) in [5.74, 6) is -3.70. The quantitative estimate of drug-likeness (QED) is 0.0905. The molecule has 2 aromatic carbocycles. The van der Waals surface area contributed by atoms with Crippen molar-refractivity contribution in [2.45, 2.75) is 39.2 Å². The van der Waals surface area contributed by atoms with Gasteiger partial charge < -0.3 is 31.9 Å². The average molecular weight is 606 g/mol. The molecule has 3 rings (SSSR count). The molecule has 16 heteroatoms. The van der Waals surface area contributed by atoms with Gasteiger partial charge in [-0.15, -0.1) is 0 Å². The number of methoxy groups -OCH3 is 1. The second-order valence-electron chi connectivity index (χ2n) is 9.21.